The summed E-state index contributed by atoms with van der Waals surface area (Å²) >= 11 is 0. The van der Waals surface area contributed by atoms with Crippen molar-refractivity contribution in [2.75, 3.05) is 0 Å². The van der Waals surface area contributed by atoms with Gasteiger partial charge in [0, 0.05) is 37.4 Å². The Morgan fingerprint density at radius 2 is 2.24 bits per heavy atom. The number of imidazole rings is 1. The lowest BCUT2D eigenvalue weighted by Crippen LogP contribution is -2.35. The van der Waals surface area contributed by atoms with Crippen LogP contribution in [0.4, 0.5) is 0 Å². The first kappa shape index (κ1) is 13.3. The molecule has 108 valence electrons. The van der Waals surface area contributed by atoms with Crippen molar-refractivity contribution in [2.24, 2.45) is 0 Å². The zero-order valence-electron chi connectivity index (χ0n) is 11.9. The Labute approximate surface area is 121 Å². The molecule has 1 atom stereocenters. The summed E-state index contributed by atoms with van der Waals surface area (Å²) in [7, 11) is 0. The van der Waals surface area contributed by atoms with Crippen LogP contribution >= 0.6 is 0 Å². The van der Waals surface area contributed by atoms with Gasteiger partial charge in [-0.2, -0.15) is 5.10 Å². The number of carbonyl (C=O) groups excluding carboxylic acids is 1. The summed E-state index contributed by atoms with van der Waals surface area (Å²) in [5.41, 5.74) is 1.76. The van der Waals surface area contributed by atoms with E-state index in [2.05, 4.69) is 20.4 Å². The van der Waals surface area contributed by atoms with Crippen molar-refractivity contribution >= 4 is 11.6 Å². The molecular weight excluding hydrogens is 268 g/mol. The zero-order valence-corrected chi connectivity index (χ0v) is 11.9. The van der Waals surface area contributed by atoms with Gasteiger partial charge in [-0.05, 0) is 19.9 Å². The second-order valence-corrected chi connectivity index (χ2v) is 4.98. The van der Waals surface area contributed by atoms with Crippen LogP contribution in [0.5, 0.6) is 0 Å². The van der Waals surface area contributed by atoms with Crippen LogP contribution in [-0.4, -0.2) is 36.1 Å². The van der Waals surface area contributed by atoms with E-state index in [0.29, 0.717) is 23.4 Å². The van der Waals surface area contributed by atoms with Crippen molar-refractivity contribution in [2.45, 2.75) is 26.4 Å². The van der Waals surface area contributed by atoms with E-state index in [4.69, 9.17) is 0 Å². The largest absolute Gasteiger partial charge is 0.348 e. The van der Waals surface area contributed by atoms with Crippen LogP contribution in [0.3, 0.4) is 0 Å². The van der Waals surface area contributed by atoms with Crippen LogP contribution in [0.25, 0.3) is 5.65 Å². The molecule has 3 rings (SSSR count). The van der Waals surface area contributed by atoms with Gasteiger partial charge in [-0.15, -0.1) is 0 Å². The fourth-order valence-electron chi connectivity index (χ4n) is 2.32. The summed E-state index contributed by atoms with van der Waals surface area (Å²) in [6.07, 6.45) is 8.74. The Morgan fingerprint density at radius 3 is 3.00 bits per heavy atom. The second-order valence-electron chi connectivity index (χ2n) is 4.98. The van der Waals surface area contributed by atoms with Gasteiger partial charge >= 0.3 is 0 Å². The monoisotopic (exact) mass is 284 g/mol. The third kappa shape index (κ3) is 2.62. The van der Waals surface area contributed by atoms with Gasteiger partial charge in [0.15, 0.2) is 5.65 Å². The third-order valence-corrected chi connectivity index (χ3v) is 3.22. The zero-order chi connectivity index (χ0) is 14.8. The number of fused-ring (bicyclic) bond motifs is 1. The minimum Gasteiger partial charge on any atom is -0.348 e. The molecule has 0 aromatic carbocycles. The number of aryl methyl sites for hydroxylation is 1. The van der Waals surface area contributed by atoms with Crippen LogP contribution in [0.1, 0.15) is 23.0 Å². The second kappa shape index (κ2) is 5.35. The van der Waals surface area contributed by atoms with Crippen molar-refractivity contribution in [3.05, 3.63) is 48.4 Å². The standard InChI is InChI=1S/C14H16N6O/c1-10(8-19-7-5-15-9-19)17-14(21)12-11(2)18-20-6-3-4-16-13(12)20/h3-7,9-10H,8H2,1-2H3,(H,17,21). The summed E-state index contributed by atoms with van der Waals surface area (Å²) in [4.78, 5) is 20.7. The quantitative estimate of drug-likeness (QED) is 0.777. The Balaban J connectivity index is 1.79. The molecule has 0 fully saturated rings. The van der Waals surface area contributed by atoms with Gasteiger partial charge in [-0.1, -0.05) is 0 Å². The van der Waals surface area contributed by atoms with Crippen molar-refractivity contribution in [1.82, 2.24) is 29.5 Å². The lowest BCUT2D eigenvalue weighted by Gasteiger charge is -2.14. The van der Waals surface area contributed by atoms with E-state index in [9.17, 15) is 4.79 Å². The summed E-state index contributed by atoms with van der Waals surface area (Å²) in [5.74, 6) is -0.159. The van der Waals surface area contributed by atoms with E-state index in [-0.39, 0.29) is 11.9 Å². The Hall–Kier alpha value is -2.70. The lowest BCUT2D eigenvalue weighted by atomic mass is 10.2. The first-order valence-corrected chi connectivity index (χ1v) is 6.71. The molecule has 0 bridgehead atoms. The van der Waals surface area contributed by atoms with Crippen molar-refractivity contribution in [1.29, 1.82) is 0 Å². The van der Waals surface area contributed by atoms with Gasteiger partial charge in [0.05, 0.1) is 12.0 Å². The van der Waals surface area contributed by atoms with Crippen LogP contribution < -0.4 is 5.32 Å². The van der Waals surface area contributed by atoms with E-state index in [1.807, 2.05) is 24.6 Å². The minimum absolute atomic E-state index is 0.0234. The Morgan fingerprint density at radius 1 is 1.38 bits per heavy atom. The van der Waals surface area contributed by atoms with Crippen molar-refractivity contribution < 1.29 is 4.79 Å². The van der Waals surface area contributed by atoms with Gasteiger partial charge in [-0.25, -0.2) is 14.5 Å². The van der Waals surface area contributed by atoms with Gasteiger partial charge in [0.2, 0.25) is 0 Å². The number of aromatic nitrogens is 5. The topological polar surface area (TPSA) is 77.1 Å². The van der Waals surface area contributed by atoms with Crippen LogP contribution in [0.15, 0.2) is 37.2 Å². The maximum absolute atomic E-state index is 12.5. The van der Waals surface area contributed by atoms with Crippen molar-refractivity contribution in [3.8, 4) is 0 Å². The molecule has 21 heavy (non-hydrogen) atoms. The molecule has 0 spiro atoms. The fraction of sp³-hybridized carbons (Fsp3) is 0.286. The first-order valence-electron chi connectivity index (χ1n) is 6.71. The fourth-order valence-corrected chi connectivity index (χ4v) is 2.32. The van der Waals surface area contributed by atoms with Crippen molar-refractivity contribution in [3.63, 3.8) is 0 Å². The predicted octanol–water partition coefficient (Wildman–Crippen LogP) is 1.05. The van der Waals surface area contributed by atoms with Crippen LogP contribution in [-0.2, 0) is 6.54 Å². The van der Waals surface area contributed by atoms with Gasteiger partial charge in [-0.3, -0.25) is 4.79 Å². The number of hydrogen-bond acceptors (Lipinski definition) is 4. The summed E-state index contributed by atoms with van der Waals surface area (Å²) in [6.45, 7) is 4.42. The molecule has 7 nitrogen and oxygen atoms in total. The highest BCUT2D eigenvalue weighted by Crippen LogP contribution is 2.12. The Bertz CT molecular complexity index is 761. The molecule has 3 heterocycles. The number of carbonyl (C=O) groups is 1. The maximum Gasteiger partial charge on any atom is 0.257 e. The van der Waals surface area contributed by atoms with E-state index in [1.165, 1.54) is 0 Å². The molecule has 3 aromatic heterocycles. The maximum atomic E-state index is 12.5. The molecular formula is C14H16N6O. The minimum atomic E-state index is -0.159. The predicted molar refractivity (Wildman–Crippen MR) is 76.9 cm³/mol. The molecule has 0 saturated carbocycles. The molecule has 0 saturated heterocycles. The highest BCUT2D eigenvalue weighted by molar-refractivity contribution is 6.01. The van der Waals surface area contributed by atoms with Crippen LogP contribution in [0.2, 0.25) is 0 Å². The summed E-state index contributed by atoms with van der Waals surface area (Å²) < 4.78 is 3.54. The van der Waals surface area contributed by atoms with E-state index < -0.39 is 0 Å². The molecule has 0 aliphatic heterocycles. The Kier molecular flexibility index (Phi) is 3.39. The molecule has 1 amide bonds. The molecule has 0 radical (unpaired) electrons. The molecule has 3 aromatic rings. The molecule has 7 heteroatoms. The number of hydrogen-bond donors (Lipinski definition) is 1. The average Bonchev–Trinajstić information content (AvgIpc) is 3.04. The number of rotatable bonds is 4. The molecule has 0 aliphatic carbocycles. The van der Waals surface area contributed by atoms with E-state index in [0.717, 1.165) is 0 Å². The van der Waals surface area contributed by atoms with E-state index >= 15 is 0 Å². The van der Waals surface area contributed by atoms with Gasteiger partial charge < -0.3 is 9.88 Å². The average molecular weight is 284 g/mol. The number of nitrogens with zero attached hydrogens (tertiary/aromatic N) is 5. The lowest BCUT2D eigenvalue weighted by molar-refractivity contribution is 0.0937. The normalized spacial score (nSPS) is 12.5. The first-order chi connectivity index (χ1) is 10.1. The number of amides is 1. The summed E-state index contributed by atoms with van der Waals surface area (Å²) in [5, 5.41) is 7.27. The summed E-state index contributed by atoms with van der Waals surface area (Å²) in [6, 6.07) is 1.76. The smallest absolute Gasteiger partial charge is 0.257 e. The third-order valence-electron chi connectivity index (χ3n) is 3.22. The highest BCUT2D eigenvalue weighted by Gasteiger charge is 2.19. The van der Waals surface area contributed by atoms with E-state index in [1.54, 1.807) is 35.5 Å². The number of nitrogens with one attached hydrogen (secondary N) is 1. The van der Waals surface area contributed by atoms with Crippen LogP contribution in [0, 0.1) is 6.92 Å². The highest BCUT2D eigenvalue weighted by atomic mass is 16.1. The molecule has 0 aliphatic rings. The SMILES string of the molecule is Cc1nn2cccnc2c1C(=O)NC(C)Cn1ccnc1. The van der Waals surface area contributed by atoms with Gasteiger partial charge in [0.1, 0.15) is 5.56 Å². The van der Waals surface area contributed by atoms with Gasteiger partial charge in [0.25, 0.3) is 5.91 Å². The molecule has 1 unspecified atom stereocenters. The molecule has 1 N–H and O–H groups in total.